The minimum absolute atomic E-state index is 0.0390. The van der Waals surface area contributed by atoms with Crippen LogP contribution in [0.3, 0.4) is 0 Å². The van der Waals surface area contributed by atoms with E-state index in [2.05, 4.69) is 13.8 Å². The molecule has 1 aliphatic heterocycles. The van der Waals surface area contributed by atoms with Gasteiger partial charge in [0.25, 0.3) is 0 Å². The number of hydrogen-bond acceptors (Lipinski definition) is 4. The van der Waals surface area contributed by atoms with Crippen LogP contribution in [-0.4, -0.2) is 32.4 Å². The molecule has 1 spiro atoms. The highest BCUT2D eigenvalue weighted by molar-refractivity contribution is 8.21. The van der Waals surface area contributed by atoms with E-state index in [1.165, 1.54) is 12.5 Å². The molecule has 1 N–H and O–H groups in total. The number of carbonyl (C=O) groups excluding carboxylic acids is 1. The van der Waals surface area contributed by atoms with E-state index in [4.69, 9.17) is 0 Å². The second-order valence-electron chi connectivity index (χ2n) is 6.19. The van der Waals surface area contributed by atoms with E-state index in [0.717, 1.165) is 23.5 Å². The summed E-state index contributed by atoms with van der Waals surface area (Å²) in [6.45, 7) is 5.72. The molecule has 0 bridgehead atoms. The molecule has 0 unspecified atom stereocenters. The predicted molar refractivity (Wildman–Crippen MR) is 92.1 cm³/mol. The minimum Gasteiger partial charge on any atom is -0.478 e. The quantitative estimate of drug-likeness (QED) is 0.740. The smallest absolute Gasteiger partial charge is 0.332 e. The van der Waals surface area contributed by atoms with Gasteiger partial charge < -0.3 is 5.11 Å². The van der Waals surface area contributed by atoms with E-state index in [1.54, 1.807) is 6.08 Å². The van der Waals surface area contributed by atoms with Crippen molar-refractivity contribution in [2.24, 2.45) is 11.8 Å². The van der Waals surface area contributed by atoms with Crippen LogP contribution in [0.4, 0.5) is 0 Å². The molecule has 2 aliphatic carbocycles. The van der Waals surface area contributed by atoms with Gasteiger partial charge >= 0.3 is 5.97 Å². The van der Waals surface area contributed by atoms with Gasteiger partial charge in [0, 0.05) is 28.2 Å². The van der Waals surface area contributed by atoms with Gasteiger partial charge in [-0.2, -0.15) is 0 Å². The molecule has 0 saturated carbocycles. The van der Waals surface area contributed by atoms with Gasteiger partial charge in [-0.05, 0) is 37.7 Å². The Hall–Kier alpha value is -0.940. The van der Waals surface area contributed by atoms with Crippen LogP contribution in [0.25, 0.3) is 0 Å². The summed E-state index contributed by atoms with van der Waals surface area (Å²) in [7, 11) is 0. The SMILES string of the molecule is CC1=C2C(=O)/C(=C(\C)C(=O)O)C=C[C@H](C)[C@H]2CC12SCCS2. The molecule has 0 aromatic rings. The van der Waals surface area contributed by atoms with Crippen molar-refractivity contribution in [3.63, 3.8) is 0 Å². The molecule has 1 saturated heterocycles. The van der Waals surface area contributed by atoms with Gasteiger partial charge in [-0.3, -0.25) is 4.79 Å². The highest BCUT2D eigenvalue weighted by atomic mass is 32.2. The Kier molecular flexibility index (Phi) is 4.06. The van der Waals surface area contributed by atoms with Gasteiger partial charge in [-0.25, -0.2) is 4.79 Å². The maximum Gasteiger partial charge on any atom is 0.332 e. The lowest BCUT2D eigenvalue weighted by atomic mass is 9.86. The summed E-state index contributed by atoms with van der Waals surface area (Å²) in [6, 6.07) is 0. The summed E-state index contributed by atoms with van der Waals surface area (Å²) < 4.78 is 0.0390. The van der Waals surface area contributed by atoms with Crippen LogP contribution in [0.5, 0.6) is 0 Å². The molecule has 0 amide bonds. The molecular formula is C17H20O3S2. The third-order valence-electron chi connectivity index (χ3n) is 5.00. The fourth-order valence-corrected chi connectivity index (χ4v) is 7.03. The van der Waals surface area contributed by atoms with E-state index < -0.39 is 5.97 Å². The first kappa shape index (κ1) is 15.9. The van der Waals surface area contributed by atoms with Gasteiger partial charge in [0.1, 0.15) is 0 Å². The van der Waals surface area contributed by atoms with E-state index in [-0.39, 0.29) is 27.3 Å². The van der Waals surface area contributed by atoms with Crippen molar-refractivity contribution in [1.82, 2.24) is 0 Å². The summed E-state index contributed by atoms with van der Waals surface area (Å²) in [4.78, 5) is 24.3. The third kappa shape index (κ3) is 2.29. The number of thioether (sulfide) groups is 2. The first-order valence-corrected chi connectivity index (χ1v) is 9.51. The van der Waals surface area contributed by atoms with E-state index in [0.29, 0.717) is 5.57 Å². The number of hydrogen-bond donors (Lipinski definition) is 1. The van der Waals surface area contributed by atoms with Crippen LogP contribution >= 0.6 is 23.5 Å². The Labute approximate surface area is 139 Å². The molecule has 2 atom stereocenters. The van der Waals surface area contributed by atoms with Gasteiger partial charge in [0.2, 0.25) is 0 Å². The summed E-state index contributed by atoms with van der Waals surface area (Å²) >= 11 is 3.90. The average Bonchev–Trinajstić information content (AvgIpc) is 3.02. The van der Waals surface area contributed by atoms with Crippen molar-refractivity contribution < 1.29 is 14.7 Å². The minimum atomic E-state index is -1.02. The zero-order chi connectivity index (χ0) is 16.1. The summed E-state index contributed by atoms with van der Waals surface area (Å²) in [6.07, 6.45) is 4.71. The van der Waals surface area contributed by atoms with E-state index in [9.17, 15) is 14.7 Å². The average molecular weight is 336 g/mol. The number of aliphatic carboxylic acids is 1. The fourth-order valence-electron chi connectivity index (χ4n) is 3.62. The van der Waals surface area contributed by atoms with Crippen molar-refractivity contribution >= 4 is 35.3 Å². The standard InChI is InChI=1S/C17H20O3S2/c1-9-4-5-12(10(2)16(19)20)15(18)14-11(3)17(8-13(9)14)21-6-7-22-17/h4-5,9,13H,6-8H2,1-3H3,(H,19,20)/b12-10+/t9-,13+/m0/s1. The van der Waals surface area contributed by atoms with E-state index >= 15 is 0 Å². The molecule has 1 fully saturated rings. The Morgan fingerprint density at radius 3 is 2.59 bits per heavy atom. The van der Waals surface area contributed by atoms with Crippen LogP contribution in [0.2, 0.25) is 0 Å². The van der Waals surface area contributed by atoms with Crippen LogP contribution < -0.4 is 0 Å². The molecule has 5 heteroatoms. The highest BCUT2D eigenvalue weighted by Gasteiger charge is 2.50. The van der Waals surface area contributed by atoms with Crippen LogP contribution in [-0.2, 0) is 9.59 Å². The maximum absolute atomic E-state index is 13.0. The summed E-state index contributed by atoms with van der Waals surface area (Å²) in [5.74, 6) is 1.62. The monoisotopic (exact) mass is 336 g/mol. The van der Waals surface area contributed by atoms with Crippen molar-refractivity contribution in [2.45, 2.75) is 31.3 Å². The Bertz CT molecular complexity index is 636. The molecular weight excluding hydrogens is 316 g/mol. The lowest BCUT2D eigenvalue weighted by Gasteiger charge is -2.25. The molecule has 3 aliphatic rings. The number of rotatable bonds is 1. The molecule has 0 radical (unpaired) electrons. The largest absolute Gasteiger partial charge is 0.478 e. The zero-order valence-electron chi connectivity index (χ0n) is 13.0. The van der Waals surface area contributed by atoms with Crippen molar-refractivity contribution in [3.8, 4) is 0 Å². The van der Waals surface area contributed by atoms with Crippen molar-refractivity contribution in [2.75, 3.05) is 11.5 Å². The fraction of sp³-hybridized carbons (Fsp3) is 0.529. The number of carboxylic acids is 1. The number of Topliss-reactive ketones (excluding diaryl/α,β-unsaturated/α-hetero) is 1. The van der Waals surface area contributed by atoms with Crippen LogP contribution in [0.15, 0.2) is 34.4 Å². The van der Waals surface area contributed by atoms with Crippen molar-refractivity contribution in [1.29, 1.82) is 0 Å². The highest BCUT2D eigenvalue weighted by Crippen LogP contribution is 2.60. The Morgan fingerprint density at radius 1 is 1.36 bits per heavy atom. The summed E-state index contributed by atoms with van der Waals surface area (Å²) in [5.41, 5.74) is 2.53. The lowest BCUT2D eigenvalue weighted by molar-refractivity contribution is -0.132. The van der Waals surface area contributed by atoms with Gasteiger partial charge in [0.05, 0.1) is 4.08 Å². The van der Waals surface area contributed by atoms with Gasteiger partial charge in [0.15, 0.2) is 5.78 Å². The predicted octanol–water partition coefficient (Wildman–Crippen LogP) is 3.68. The van der Waals surface area contributed by atoms with Crippen molar-refractivity contribution in [3.05, 3.63) is 34.4 Å². The lowest BCUT2D eigenvalue weighted by Crippen LogP contribution is -2.18. The first-order chi connectivity index (χ1) is 10.4. The normalized spacial score (nSPS) is 32.4. The second kappa shape index (κ2) is 5.60. The zero-order valence-corrected chi connectivity index (χ0v) is 14.6. The maximum atomic E-state index is 13.0. The molecule has 22 heavy (non-hydrogen) atoms. The molecule has 0 aromatic carbocycles. The molecule has 3 nitrogen and oxygen atoms in total. The molecule has 1 heterocycles. The topological polar surface area (TPSA) is 54.4 Å². The van der Waals surface area contributed by atoms with Crippen LogP contribution in [0.1, 0.15) is 27.2 Å². The second-order valence-corrected chi connectivity index (χ2v) is 9.24. The molecule has 3 rings (SSSR count). The number of fused-ring (bicyclic) bond motifs is 1. The first-order valence-electron chi connectivity index (χ1n) is 7.53. The molecule has 118 valence electrons. The van der Waals surface area contributed by atoms with Gasteiger partial charge in [-0.1, -0.05) is 19.1 Å². The van der Waals surface area contributed by atoms with E-state index in [1.807, 2.05) is 29.6 Å². The van der Waals surface area contributed by atoms with Gasteiger partial charge in [-0.15, -0.1) is 23.5 Å². The third-order valence-corrected chi connectivity index (χ3v) is 8.66. The number of carbonyl (C=O) groups is 2. The Balaban J connectivity index is 2.14. The molecule has 0 aromatic heterocycles. The number of allylic oxidation sites excluding steroid dienone is 4. The van der Waals surface area contributed by atoms with Crippen LogP contribution in [0, 0.1) is 11.8 Å². The number of ketones is 1. The number of carboxylic acid groups (broad SMARTS) is 1. The Morgan fingerprint density at radius 2 is 2.00 bits per heavy atom. The summed E-state index contributed by atoms with van der Waals surface area (Å²) in [5, 5.41) is 9.25.